The Labute approximate surface area is 185 Å². The molecule has 0 radical (unpaired) electrons. The van der Waals surface area contributed by atoms with E-state index in [0.29, 0.717) is 22.3 Å². The predicted octanol–water partition coefficient (Wildman–Crippen LogP) is 5.01. The molecule has 2 heterocycles. The topological polar surface area (TPSA) is 65.5 Å². The van der Waals surface area contributed by atoms with Crippen molar-refractivity contribution in [1.82, 2.24) is 4.98 Å². The maximum atomic E-state index is 13.1. The first-order chi connectivity index (χ1) is 13.9. The minimum Gasteiger partial charge on any atom is -0.351 e. The van der Waals surface area contributed by atoms with E-state index in [2.05, 4.69) is 22.8 Å². The number of fused-ring (bicyclic) bond motifs is 1. The van der Waals surface area contributed by atoms with E-state index in [1.54, 1.807) is 36.0 Å². The van der Waals surface area contributed by atoms with Crippen LogP contribution in [0.3, 0.4) is 0 Å². The molecule has 4 rings (SSSR count). The SMILES string of the molecule is Cc1cccc(S(=O)(=O)N(S)c2cccc3cc(C4=NCC(CCCl)S4)[nH]c23)c1. The Morgan fingerprint density at radius 2 is 2.07 bits per heavy atom. The van der Waals surface area contributed by atoms with E-state index >= 15 is 0 Å². The molecule has 0 bridgehead atoms. The molecule has 0 saturated heterocycles. The first kappa shape index (κ1) is 20.7. The summed E-state index contributed by atoms with van der Waals surface area (Å²) in [7, 11) is -3.80. The Bertz CT molecular complexity index is 1190. The molecule has 0 amide bonds. The van der Waals surface area contributed by atoms with Crippen molar-refractivity contribution < 1.29 is 8.42 Å². The van der Waals surface area contributed by atoms with Crippen molar-refractivity contribution in [3.05, 3.63) is 59.8 Å². The van der Waals surface area contributed by atoms with E-state index in [1.807, 2.05) is 31.2 Å². The molecule has 0 spiro atoms. The number of aromatic amines is 1. The Morgan fingerprint density at radius 1 is 1.28 bits per heavy atom. The number of anilines is 1. The van der Waals surface area contributed by atoms with Crippen LogP contribution in [0.4, 0.5) is 5.69 Å². The zero-order chi connectivity index (χ0) is 20.6. The predicted molar refractivity (Wildman–Crippen MR) is 126 cm³/mol. The summed E-state index contributed by atoms with van der Waals surface area (Å²) in [6, 6.07) is 14.3. The molecule has 0 aliphatic carbocycles. The first-order valence-corrected chi connectivity index (χ1v) is 12.4. The van der Waals surface area contributed by atoms with Crippen molar-refractivity contribution in [2.45, 2.75) is 23.5 Å². The van der Waals surface area contributed by atoms with Crippen molar-refractivity contribution >= 4 is 67.8 Å². The second-order valence-corrected chi connectivity index (χ2v) is 11.0. The van der Waals surface area contributed by atoms with Gasteiger partial charge in [-0.3, -0.25) is 4.99 Å². The average Bonchev–Trinajstić information content (AvgIpc) is 3.34. The summed E-state index contributed by atoms with van der Waals surface area (Å²) in [4.78, 5) is 8.17. The van der Waals surface area contributed by atoms with Crippen LogP contribution in [0.25, 0.3) is 10.9 Å². The quantitative estimate of drug-likeness (QED) is 0.397. The number of halogens is 1. The molecule has 0 fully saturated rings. The molecule has 1 atom stereocenters. The summed E-state index contributed by atoms with van der Waals surface area (Å²) >= 11 is 11.9. The summed E-state index contributed by atoms with van der Waals surface area (Å²) in [5.41, 5.74) is 2.93. The highest BCUT2D eigenvalue weighted by Gasteiger charge is 2.26. The zero-order valence-electron chi connectivity index (χ0n) is 15.7. The third kappa shape index (κ3) is 4.03. The molecule has 1 N–H and O–H groups in total. The van der Waals surface area contributed by atoms with Gasteiger partial charge in [0, 0.05) is 16.5 Å². The fraction of sp³-hybridized carbons (Fsp3) is 0.250. The lowest BCUT2D eigenvalue weighted by molar-refractivity contribution is 0.598. The number of aromatic nitrogens is 1. The van der Waals surface area contributed by atoms with Crippen LogP contribution in [0.15, 0.2) is 58.4 Å². The third-order valence-corrected chi connectivity index (χ3v) is 8.60. The lowest BCUT2D eigenvalue weighted by Gasteiger charge is -2.19. The molecular weight excluding hydrogens is 446 g/mol. The van der Waals surface area contributed by atoms with Gasteiger partial charge in [0.15, 0.2) is 0 Å². The van der Waals surface area contributed by atoms with Crippen LogP contribution in [0.1, 0.15) is 17.7 Å². The van der Waals surface area contributed by atoms with Crippen LogP contribution in [0.2, 0.25) is 0 Å². The Kier molecular flexibility index (Phi) is 5.88. The molecule has 3 aromatic rings. The highest BCUT2D eigenvalue weighted by atomic mass is 35.5. The van der Waals surface area contributed by atoms with Crippen LogP contribution in [0.5, 0.6) is 0 Å². The monoisotopic (exact) mass is 465 g/mol. The number of thiol groups is 1. The number of hydrogen-bond acceptors (Lipinski definition) is 5. The number of rotatable bonds is 6. The number of alkyl halides is 1. The second kappa shape index (κ2) is 8.26. The van der Waals surface area contributed by atoms with Crippen molar-refractivity contribution in [3.63, 3.8) is 0 Å². The van der Waals surface area contributed by atoms with Gasteiger partial charge in [-0.05, 0) is 56.0 Å². The van der Waals surface area contributed by atoms with Gasteiger partial charge in [-0.2, -0.15) is 0 Å². The number of thioether (sulfide) groups is 1. The largest absolute Gasteiger partial charge is 0.351 e. The molecule has 152 valence electrons. The molecule has 0 saturated carbocycles. The number of hydrogen-bond donors (Lipinski definition) is 2. The average molecular weight is 466 g/mol. The van der Waals surface area contributed by atoms with Gasteiger partial charge in [-0.15, -0.1) is 11.6 Å². The molecule has 1 aliphatic heterocycles. The van der Waals surface area contributed by atoms with Gasteiger partial charge in [0.05, 0.1) is 28.3 Å². The van der Waals surface area contributed by atoms with Crippen LogP contribution in [-0.4, -0.2) is 36.1 Å². The standard InChI is InChI=1S/C20H20ClN3O2S3/c1-13-4-2-6-16(10-13)29(25,26)24(27)18-7-3-5-14-11-17(23-19(14)18)20-22-12-15(28-20)8-9-21/h2-7,10-11,15,23,27H,8-9,12H2,1H3. The van der Waals surface area contributed by atoms with Crippen LogP contribution in [-0.2, 0) is 10.0 Å². The normalized spacial score (nSPS) is 16.9. The molecule has 29 heavy (non-hydrogen) atoms. The van der Waals surface area contributed by atoms with E-state index in [0.717, 1.165) is 38.4 Å². The summed E-state index contributed by atoms with van der Waals surface area (Å²) in [5, 5.41) is 2.21. The van der Waals surface area contributed by atoms with Gasteiger partial charge in [0.25, 0.3) is 10.0 Å². The Morgan fingerprint density at radius 3 is 2.83 bits per heavy atom. The molecule has 5 nitrogen and oxygen atoms in total. The molecule has 1 aliphatic rings. The van der Waals surface area contributed by atoms with E-state index in [9.17, 15) is 8.42 Å². The fourth-order valence-electron chi connectivity index (χ4n) is 3.26. The fourth-order valence-corrected chi connectivity index (χ4v) is 6.38. The Balaban J connectivity index is 1.71. The maximum Gasteiger partial charge on any atom is 0.273 e. The van der Waals surface area contributed by atoms with Gasteiger partial charge < -0.3 is 4.98 Å². The van der Waals surface area contributed by atoms with Crippen molar-refractivity contribution in [3.8, 4) is 0 Å². The molecule has 9 heteroatoms. The third-order valence-electron chi connectivity index (χ3n) is 4.73. The van der Waals surface area contributed by atoms with Crippen LogP contribution >= 0.6 is 36.2 Å². The number of nitrogens with one attached hydrogen (secondary N) is 1. The minimum atomic E-state index is -3.80. The van der Waals surface area contributed by atoms with Crippen molar-refractivity contribution in [2.75, 3.05) is 16.1 Å². The highest BCUT2D eigenvalue weighted by Crippen LogP contribution is 2.35. The number of aliphatic imine (C=N–C) groups is 1. The zero-order valence-corrected chi connectivity index (χ0v) is 19.0. The van der Waals surface area contributed by atoms with E-state index in [4.69, 9.17) is 11.6 Å². The van der Waals surface area contributed by atoms with E-state index < -0.39 is 10.0 Å². The van der Waals surface area contributed by atoms with Gasteiger partial charge in [-0.25, -0.2) is 12.1 Å². The molecule has 1 unspecified atom stereocenters. The van der Waals surface area contributed by atoms with Gasteiger partial charge in [0.1, 0.15) is 5.04 Å². The van der Waals surface area contributed by atoms with E-state index in [1.165, 1.54) is 0 Å². The number of nitrogens with zero attached hydrogens (tertiary/aromatic N) is 2. The lowest BCUT2D eigenvalue weighted by Crippen LogP contribution is -2.21. The second-order valence-electron chi connectivity index (χ2n) is 6.85. The lowest BCUT2D eigenvalue weighted by atomic mass is 10.2. The number of H-pyrrole nitrogens is 1. The summed E-state index contributed by atoms with van der Waals surface area (Å²) < 4.78 is 27.2. The summed E-state index contributed by atoms with van der Waals surface area (Å²) in [6.45, 7) is 2.60. The minimum absolute atomic E-state index is 0.205. The molecular formula is C20H20ClN3O2S3. The smallest absolute Gasteiger partial charge is 0.273 e. The van der Waals surface area contributed by atoms with Crippen LogP contribution < -0.4 is 3.71 Å². The Hall–Kier alpha value is -1.61. The van der Waals surface area contributed by atoms with Gasteiger partial charge in [0.2, 0.25) is 0 Å². The van der Waals surface area contributed by atoms with Crippen molar-refractivity contribution in [1.29, 1.82) is 0 Å². The maximum absolute atomic E-state index is 13.1. The first-order valence-electron chi connectivity index (χ1n) is 9.10. The van der Waals surface area contributed by atoms with Gasteiger partial charge >= 0.3 is 0 Å². The summed E-state index contributed by atoms with van der Waals surface area (Å²) in [5.74, 6) is 0.614. The number of para-hydroxylation sites is 1. The van der Waals surface area contributed by atoms with Crippen molar-refractivity contribution in [2.24, 2.45) is 4.99 Å². The van der Waals surface area contributed by atoms with Crippen LogP contribution in [0, 0.1) is 6.92 Å². The number of benzene rings is 2. The van der Waals surface area contributed by atoms with E-state index in [-0.39, 0.29) is 4.90 Å². The number of sulfonamides is 1. The molecule has 1 aromatic heterocycles. The van der Waals surface area contributed by atoms with Gasteiger partial charge in [-0.1, -0.05) is 36.0 Å². The molecule has 2 aromatic carbocycles. The number of aryl methyl sites for hydroxylation is 1. The summed E-state index contributed by atoms with van der Waals surface area (Å²) in [6.07, 6.45) is 0.907. The highest BCUT2D eigenvalue weighted by molar-refractivity contribution is 8.15.